The number of rotatable bonds is 4. The van der Waals surface area contributed by atoms with E-state index in [4.69, 9.17) is 21.1 Å². The first kappa shape index (κ1) is 16.3. The molecule has 0 N–H and O–H groups in total. The Labute approximate surface area is 144 Å². The smallest absolute Gasteiger partial charge is 0.347 e. The summed E-state index contributed by atoms with van der Waals surface area (Å²) < 4.78 is 10.2. The second kappa shape index (κ2) is 7.32. The minimum Gasteiger partial charge on any atom is -0.463 e. The Balaban J connectivity index is 1.92. The summed E-state index contributed by atoms with van der Waals surface area (Å²) in [6.45, 7) is 0.273. The Hall–Kier alpha value is -2.59. The molecule has 1 aliphatic heterocycles. The molecule has 1 saturated heterocycles. The predicted octanol–water partition coefficient (Wildman–Crippen LogP) is 3.74. The van der Waals surface area contributed by atoms with Crippen molar-refractivity contribution in [3.63, 3.8) is 0 Å². The van der Waals surface area contributed by atoms with Crippen LogP contribution in [0.3, 0.4) is 0 Å². The molecule has 0 aliphatic carbocycles. The Morgan fingerprint density at radius 1 is 1.12 bits per heavy atom. The van der Waals surface area contributed by atoms with E-state index in [0.29, 0.717) is 22.6 Å². The van der Waals surface area contributed by atoms with Gasteiger partial charge in [0.1, 0.15) is 0 Å². The molecular weight excluding hydrogens is 328 g/mol. The van der Waals surface area contributed by atoms with Crippen molar-refractivity contribution in [2.45, 2.75) is 12.5 Å². The number of halogens is 1. The van der Waals surface area contributed by atoms with Gasteiger partial charge in [0.15, 0.2) is 0 Å². The third-order valence-corrected chi connectivity index (χ3v) is 3.87. The molecular formula is C19H15ClO4. The fraction of sp³-hybridized carbons (Fsp3) is 0.158. The third kappa shape index (κ3) is 3.84. The van der Waals surface area contributed by atoms with Crippen LogP contribution in [0.5, 0.6) is 0 Å². The van der Waals surface area contributed by atoms with Gasteiger partial charge in [-0.1, -0.05) is 54.1 Å². The fourth-order valence-electron chi connectivity index (χ4n) is 2.38. The summed E-state index contributed by atoms with van der Waals surface area (Å²) in [6.07, 6.45) is 1.26. The van der Waals surface area contributed by atoms with E-state index in [1.165, 1.54) is 0 Å². The van der Waals surface area contributed by atoms with Crippen LogP contribution in [0.2, 0.25) is 5.02 Å². The molecule has 4 nitrogen and oxygen atoms in total. The van der Waals surface area contributed by atoms with Crippen LogP contribution in [0.25, 0.3) is 11.6 Å². The molecule has 1 fully saturated rings. The second-order valence-electron chi connectivity index (χ2n) is 5.33. The molecule has 0 bridgehead atoms. The van der Waals surface area contributed by atoms with E-state index in [9.17, 15) is 9.59 Å². The topological polar surface area (TPSA) is 52.6 Å². The number of hydrogen-bond donors (Lipinski definition) is 0. The van der Waals surface area contributed by atoms with Crippen molar-refractivity contribution < 1.29 is 19.1 Å². The largest absolute Gasteiger partial charge is 0.463 e. The Morgan fingerprint density at radius 3 is 2.46 bits per heavy atom. The molecule has 1 aliphatic rings. The zero-order valence-electron chi connectivity index (χ0n) is 12.8. The molecule has 5 heteroatoms. The van der Waals surface area contributed by atoms with E-state index < -0.39 is 18.0 Å². The number of carbonyl (C=O) groups excluding carboxylic acids is 2. The van der Waals surface area contributed by atoms with Crippen molar-refractivity contribution in [1.82, 2.24) is 0 Å². The Bertz CT molecular complexity index is 766. The molecule has 0 amide bonds. The quantitative estimate of drug-likeness (QED) is 0.482. The van der Waals surface area contributed by atoms with E-state index in [1.54, 1.807) is 30.3 Å². The summed E-state index contributed by atoms with van der Waals surface area (Å²) in [5.41, 5.74) is 1.88. The van der Waals surface area contributed by atoms with Crippen LogP contribution >= 0.6 is 11.6 Å². The highest BCUT2D eigenvalue weighted by atomic mass is 35.5. The van der Waals surface area contributed by atoms with Crippen molar-refractivity contribution in [2.24, 2.45) is 0 Å². The molecule has 0 aromatic heterocycles. The summed E-state index contributed by atoms with van der Waals surface area (Å²) >= 11 is 5.92. The average molecular weight is 343 g/mol. The van der Waals surface area contributed by atoms with Gasteiger partial charge in [0, 0.05) is 11.4 Å². The van der Waals surface area contributed by atoms with Gasteiger partial charge in [0.05, 0.1) is 12.2 Å². The SMILES string of the molecule is O=C(O[C@H]1CCOC1=O)/C(=C/c1ccccc1)c1ccc(Cl)cc1. The van der Waals surface area contributed by atoms with Crippen molar-refractivity contribution in [3.05, 3.63) is 70.7 Å². The van der Waals surface area contributed by atoms with Crippen LogP contribution in [0, 0.1) is 0 Å². The van der Waals surface area contributed by atoms with Gasteiger partial charge in [-0.2, -0.15) is 0 Å². The highest BCUT2D eigenvalue weighted by Gasteiger charge is 2.31. The predicted molar refractivity (Wildman–Crippen MR) is 91.2 cm³/mol. The summed E-state index contributed by atoms with van der Waals surface area (Å²) in [5.74, 6) is -1.07. The van der Waals surface area contributed by atoms with E-state index in [1.807, 2.05) is 30.3 Å². The zero-order chi connectivity index (χ0) is 16.9. The van der Waals surface area contributed by atoms with Crippen molar-refractivity contribution in [2.75, 3.05) is 6.61 Å². The number of benzene rings is 2. The molecule has 3 rings (SSSR count). The Morgan fingerprint density at radius 2 is 1.83 bits per heavy atom. The lowest BCUT2D eigenvalue weighted by atomic mass is 10.0. The van der Waals surface area contributed by atoms with Crippen LogP contribution < -0.4 is 0 Å². The number of ether oxygens (including phenoxy) is 2. The monoisotopic (exact) mass is 342 g/mol. The first-order valence-electron chi connectivity index (χ1n) is 7.54. The highest BCUT2D eigenvalue weighted by molar-refractivity contribution is 6.30. The molecule has 1 heterocycles. The van der Waals surface area contributed by atoms with Crippen molar-refractivity contribution >= 4 is 35.2 Å². The summed E-state index contributed by atoms with van der Waals surface area (Å²) in [5, 5.41) is 0.575. The standard InChI is InChI=1S/C19H15ClO4/c20-15-8-6-14(7-9-15)16(12-13-4-2-1-3-5-13)18(21)24-17-10-11-23-19(17)22/h1-9,12,17H,10-11H2/b16-12+/t17-/m0/s1. The first-order chi connectivity index (χ1) is 11.6. The molecule has 0 spiro atoms. The lowest BCUT2D eigenvalue weighted by Crippen LogP contribution is -2.23. The van der Waals surface area contributed by atoms with Gasteiger partial charge in [-0.25, -0.2) is 9.59 Å². The van der Waals surface area contributed by atoms with Gasteiger partial charge in [0.25, 0.3) is 0 Å². The average Bonchev–Trinajstić information content (AvgIpc) is 2.99. The van der Waals surface area contributed by atoms with Gasteiger partial charge in [-0.15, -0.1) is 0 Å². The van der Waals surface area contributed by atoms with Gasteiger partial charge in [0.2, 0.25) is 6.10 Å². The van der Waals surface area contributed by atoms with Gasteiger partial charge in [-0.3, -0.25) is 0 Å². The van der Waals surface area contributed by atoms with Crippen molar-refractivity contribution in [1.29, 1.82) is 0 Å². The maximum absolute atomic E-state index is 12.6. The molecule has 0 radical (unpaired) electrons. The Kier molecular flexibility index (Phi) is 4.96. The number of esters is 2. The minimum atomic E-state index is -0.844. The van der Waals surface area contributed by atoms with Gasteiger partial charge in [-0.05, 0) is 29.3 Å². The van der Waals surface area contributed by atoms with Gasteiger partial charge < -0.3 is 9.47 Å². The lowest BCUT2D eigenvalue weighted by molar-refractivity contribution is -0.156. The molecule has 2 aromatic rings. The van der Waals surface area contributed by atoms with E-state index in [2.05, 4.69) is 0 Å². The summed E-state index contributed by atoms with van der Waals surface area (Å²) in [6, 6.07) is 16.3. The molecule has 24 heavy (non-hydrogen) atoms. The molecule has 1 atom stereocenters. The highest BCUT2D eigenvalue weighted by Crippen LogP contribution is 2.23. The summed E-state index contributed by atoms with van der Waals surface area (Å²) in [4.78, 5) is 24.1. The van der Waals surface area contributed by atoms with Crippen LogP contribution in [0.15, 0.2) is 54.6 Å². The van der Waals surface area contributed by atoms with Crippen molar-refractivity contribution in [3.8, 4) is 0 Å². The molecule has 0 unspecified atom stereocenters. The van der Waals surface area contributed by atoms with Crippen LogP contribution in [-0.4, -0.2) is 24.6 Å². The number of hydrogen-bond acceptors (Lipinski definition) is 4. The lowest BCUT2D eigenvalue weighted by Gasteiger charge is -2.12. The minimum absolute atomic E-state index is 0.273. The molecule has 2 aromatic carbocycles. The fourth-order valence-corrected chi connectivity index (χ4v) is 2.51. The maximum Gasteiger partial charge on any atom is 0.347 e. The van der Waals surface area contributed by atoms with Gasteiger partial charge >= 0.3 is 11.9 Å². The number of cyclic esters (lactones) is 1. The van der Waals surface area contributed by atoms with Crippen LogP contribution in [0.4, 0.5) is 0 Å². The number of carbonyl (C=O) groups is 2. The van der Waals surface area contributed by atoms with E-state index >= 15 is 0 Å². The molecule has 0 saturated carbocycles. The van der Waals surface area contributed by atoms with Crippen LogP contribution in [-0.2, 0) is 19.1 Å². The second-order valence-corrected chi connectivity index (χ2v) is 5.76. The third-order valence-electron chi connectivity index (χ3n) is 3.62. The first-order valence-corrected chi connectivity index (χ1v) is 7.91. The van der Waals surface area contributed by atoms with E-state index in [0.717, 1.165) is 5.56 Å². The van der Waals surface area contributed by atoms with Crippen LogP contribution in [0.1, 0.15) is 17.5 Å². The summed E-state index contributed by atoms with van der Waals surface area (Å²) in [7, 11) is 0. The van der Waals surface area contributed by atoms with E-state index in [-0.39, 0.29) is 6.61 Å². The normalized spacial score (nSPS) is 17.5. The maximum atomic E-state index is 12.6. The zero-order valence-corrected chi connectivity index (χ0v) is 13.5. The molecule has 122 valence electrons.